The van der Waals surface area contributed by atoms with Crippen molar-refractivity contribution in [3.8, 4) is 22.8 Å². The number of rotatable bonds is 8. The number of nitrogens with zero attached hydrogens (tertiary/aromatic N) is 2. The summed E-state index contributed by atoms with van der Waals surface area (Å²) in [5.41, 5.74) is 2.38. The van der Waals surface area contributed by atoms with Crippen LogP contribution in [0.3, 0.4) is 0 Å². The van der Waals surface area contributed by atoms with Crippen LogP contribution in [0.1, 0.15) is 20.7 Å². The number of para-hydroxylation sites is 2. The van der Waals surface area contributed by atoms with E-state index in [-0.39, 0.29) is 27.8 Å². The molecule has 0 aliphatic carbocycles. The van der Waals surface area contributed by atoms with Gasteiger partial charge >= 0.3 is 11.7 Å². The van der Waals surface area contributed by atoms with Gasteiger partial charge in [0.15, 0.2) is 12.4 Å². The van der Waals surface area contributed by atoms with Crippen molar-refractivity contribution in [1.29, 1.82) is 0 Å². The quantitative estimate of drug-likeness (QED) is 0.0882. The van der Waals surface area contributed by atoms with Crippen LogP contribution < -0.4 is 4.74 Å². The van der Waals surface area contributed by atoms with E-state index in [2.05, 4.69) is 4.98 Å². The summed E-state index contributed by atoms with van der Waals surface area (Å²) in [6.07, 6.45) is 0. The van der Waals surface area contributed by atoms with E-state index in [1.165, 1.54) is 42.5 Å². The number of ketones is 1. The Morgan fingerprint density at radius 1 is 0.872 bits per heavy atom. The van der Waals surface area contributed by atoms with Crippen LogP contribution in [-0.4, -0.2) is 28.3 Å². The van der Waals surface area contributed by atoms with Crippen LogP contribution in [0.15, 0.2) is 103 Å². The van der Waals surface area contributed by atoms with Crippen LogP contribution in [0.4, 0.5) is 5.69 Å². The fourth-order valence-electron chi connectivity index (χ4n) is 3.96. The monoisotopic (exact) mass is 538 g/mol. The van der Waals surface area contributed by atoms with Crippen LogP contribution in [0.2, 0.25) is 5.02 Å². The zero-order valence-electron chi connectivity index (χ0n) is 20.2. The molecule has 5 rings (SSSR count). The number of halogens is 1. The maximum Gasteiger partial charge on any atom is 0.339 e. The number of ether oxygens (including phenoxy) is 2. The van der Waals surface area contributed by atoms with E-state index in [0.717, 1.165) is 5.56 Å². The molecule has 0 unspecified atom stereocenters. The zero-order valence-corrected chi connectivity index (χ0v) is 21.0. The van der Waals surface area contributed by atoms with Gasteiger partial charge in [-0.1, -0.05) is 66.2 Å². The highest BCUT2D eigenvalue weighted by atomic mass is 35.5. The highest BCUT2D eigenvalue weighted by Gasteiger charge is 2.20. The molecule has 4 aromatic carbocycles. The smallest absolute Gasteiger partial charge is 0.339 e. The highest BCUT2D eigenvalue weighted by molar-refractivity contribution is 6.32. The number of nitro groups is 1. The first-order valence-corrected chi connectivity index (χ1v) is 12.1. The highest BCUT2D eigenvalue weighted by Crippen LogP contribution is 2.37. The van der Waals surface area contributed by atoms with Gasteiger partial charge in [-0.05, 0) is 42.5 Å². The lowest BCUT2D eigenvalue weighted by Crippen LogP contribution is -2.15. The molecule has 0 saturated carbocycles. The summed E-state index contributed by atoms with van der Waals surface area (Å²) in [4.78, 5) is 41.2. The molecule has 8 nitrogen and oxygen atoms in total. The Kier molecular flexibility index (Phi) is 7.29. The van der Waals surface area contributed by atoms with Crippen LogP contribution in [0, 0.1) is 10.1 Å². The van der Waals surface area contributed by atoms with Gasteiger partial charge in [-0.15, -0.1) is 0 Å². The first-order chi connectivity index (χ1) is 18.9. The zero-order chi connectivity index (χ0) is 27.4. The number of hydrogen-bond acceptors (Lipinski definition) is 7. The summed E-state index contributed by atoms with van der Waals surface area (Å²) < 4.78 is 11.0. The van der Waals surface area contributed by atoms with E-state index in [1.807, 2.05) is 42.5 Å². The van der Waals surface area contributed by atoms with Crippen molar-refractivity contribution in [2.45, 2.75) is 0 Å². The third-order valence-electron chi connectivity index (χ3n) is 5.88. The second-order valence-electron chi connectivity index (χ2n) is 8.41. The largest absolute Gasteiger partial charge is 0.454 e. The molecule has 0 aliphatic rings. The molecule has 39 heavy (non-hydrogen) atoms. The molecule has 0 fully saturated rings. The third kappa shape index (κ3) is 5.61. The molecule has 0 atom stereocenters. The molecule has 192 valence electrons. The fourth-order valence-corrected chi connectivity index (χ4v) is 4.17. The molecule has 0 bridgehead atoms. The lowest BCUT2D eigenvalue weighted by atomic mass is 10.0. The Hall–Kier alpha value is -5.08. The number of pyridine rings is 1. The second kappa shape index (κ2) is 11.1. The predicted molar refractivity (Wildman–Crippen MR) is 146 cm³/mol. The SMILES string of the molecule is O=C(COC(=O)c1cc(-c2ccccc2)nc2ccccc12)c1ccc(Oc2c(Cl)cccc2[N+](=O)[O-])cc1. The summed E-state index contributed by atoms with van der Waals surface area (Å²) in [6, 6.07) is 28.4. The Balaban J connectivity index is 1.31. The molecule has 0 spiro atoms. The van der Waals surface area contributed by atoms with Crippen LogP contribution in [0.5, 0.6) is 11.5 Å². The lowest BCUT2D eigenvalue weighted by Gasteiger charge is -2.10. The number of aromatic nitrogens is 1. The van der Waals surface area contributed by atoms with Gasteiger partial charge in [-0.2, -0.15) is 0 Å². The molecule has 1 heterocycles. The molecule has 9 heteroatoms. The number of esters is 1. The van der Waals surface area contributed by atoms with Crippen molar-refractivity contribution < 1.29 is 24.0 Å². The molecular formula is C30H19ClN2O6. The Morgan fingerprint density at radius 2 is 1.59 bits per heavy atom. The number of carbonyl (C=O) groups excluding carboxylic acids is 2. The molecular weight excluding hydrogens is 520 g/mol. The van der Waals surface area contributed by atoms with Crippen LogP contribution >= 0.6 is 11.6 Å². The summed E-state index contributed by atoms with van der Waals surface area (Å²) >= 11 is 6.07. The number of benzene rings is 4. The van der Waals surface area contributed by atoms with Crippen molar-refractivity contribution in [3.63, 3.8) is 0 Å². The average Bonchev–Trinajstić information content (AvgIpc) is 2.97. The Bertz CT molecular complexity index is 1700. The van der Waals surface area contributed by atoms with Gasteiger partial charge in [0.2, 0.25) is 5.75 Å². The standard InChI is InChI=1S/C30H19ClN2O6/c31-24-10-6-12-27(33(36)37)29(24)39-21-15-13-20(14-16-21)28(34)18-38-30(35)23-17-26(19-7-2-1-3-8-19)32-25-11-5-4-9-22(23)25/h1-17H,18H2. The maximum absolute atomic E-state index is 13.1. The van der Waals surface area contributed by atoms with E-state index in [4.69, 9.17) is 21.1 Å². The minimum Gasteiger partial charge on any atom is -0.454 e. The third-order valence-corrected chi connectivity index (χ3v) is 6.18. The van der Waals surface area contributed by atoms with Gasteiger partial charge in [-0.25, -0.2) is 9.78 Å². The normalized spacial score (nSPS) is 10.7. The molecule has 0 radical (unpaired) electrons. The predicted octanol–water partition coefficient (Wildman–Crippen LogP) is 7.30. The van der Waals surface area contributed by atoms with Gasteiger partial charge < -0.3 is 9.47 Å². The van der Waals surface area contributed by atoms with Gasteiger partial charge in [0, 0.05) is 22.6 Å². The van der Waals surface area contributed by atoms with Gasteiger partial charge in [-0.3, -0.25) is 14.9 Å². The minimum absolute atomic E-state index is 0.0790. The van der Waals surface area contributed by atoms with Gasteiger partial charge in [0.1, 0.15) is 5.75 Å². The van der Waals surface area contributed by atoms with Crippen LogP contribution in [0.25, 0.3) is 22.2 Å². The van der Waals surface area contributed by atoms with Crippen molar-refractivity contribution in [1.82, 2.24) is 4.98 Å². The van der Waals surface area contributed by atoms with Gasteiger partial charge in [0.05, 0.1) is 26.7 Å². The fraction of sp³-hybridized carbons (Fsp3) is 0.0333. The van der Waals surface area contributed by atoms with Crippen LogP contribution in [-0.2, 0) is 4.74 Å². The van der Waals surface area contributed by atoms with Gasteiger partial charge in [0.25, 0.3) is 0 Å². The summed E-state index contributed by atoms with van der Waals surface area (Å²) in [6.45, 7) is -0.480. The number of fused-ring (bicyclic) bond motifs is 1. The summed E-state index contributed by atoms with van der Waals surface area (Å²) in [5.74, 6) is -0.932. The molecule has 0 N–H and O–H groups in total. The summed E-state index contributed by atoms with van der Waals surface area (Å²) in [5, 5.41) is 12.0. The first kappa shape index (κ1) is 25.6. The molecule has 0 amide bonds. The van der Waals surface area contributed by atoms with E-state index >= 15 is 0 Å². The maximum atomic E-state index is 13.1. The first-order valence-electron chi connectivity index (χ1n) is 11.8. The number of carbonyl (C=O) groups is 2. The van der Waals surface area contributed by atoms with Crippen molar-refractivity contribution >= 4 is 39.9 Å². The lowest BCUT2D eigenvalue weighted by molar-refractivity contribution is -0.385. The van der Waals surface area contributed by atoms with E-state index in [1.54, 1.807) is 18.2 Å². The topological polar surface area (TPSA) is 109 Å². The van der Waals surface area contributed by atoms with Crippen molar-refractivity contribution in [2.24, 2.45) is 0 Å². The van der Waals surface area contributed by atoms with Crippen molar-refractivity contribution in [3.05, 3.63) is 129 Å². The minimum atomic E-state index is -0.648. The number of hydrogen-bond donors (Lipinski definition) is 0. The number of nitro benzene ring substituents is 1. The van der Waals surface area contributed by atoms with E-state index in [9.17, 15) is 19.7 Å². The average molecular weight is 539 g/mol. The summed E-state index contributed by atoms with van der Waals surface area (Å²) in [7, 11) is 0. The molecule has 5 aromatic rings. The molecule has 1 aromatic heterocycles. The number of Topliss-reactive ketones (excluding diaryl/α,β-unsaturated/α-hetero) is 1. The Labute approximate surface area is 227 Å². The Morgan fingerprint density at radius 3 is 2.33 bits per heavy atom. The van der Waals surface area contributed by atoms with Crippen molar-refractivity contribution in [2.75, 3.05) is 6.61 Å². The second-order valence-corrected chi connectivity index (χ2v) is 8.82. The molecule has 0 aliphatic heterocycles. The molecule has 0 saturated heterocycles. The van der Waals surface area contributed by atoms with E-state index < -0.39 is 23.3 Å². The van der Waals surface area contributed by atoms with E-state index in [0.29, 0.717) is 22.2 Å².